The van der Waals surface area contributed by atoms with Crippen molar-refractivity contribution in [2.75, 3.05) is 6.54 Å². The number of likely N-dealkylation sites (N-methyl/N-ethyl adjacent to an activating group) is 1. The third kappa shape index (κ3) is 4.22. The highest BCUT2D eigenvalue weighted by Gasteiger charge is 2.21. The monoisotopic (exact) mass is 307 g/mol. The van der Waals surface area contributed by atoms with E-state index in [0.29, 0.717) is 5.02 Å². The molecule has 2 atom stereocenters. The van der Waals surface area contributed by atoms with Crippen molar-refractivity contribution in [3.05, 3.63) is 47.2 Å². The second kappa shape index (κ2) is 7.48. The summed E-state index contributed by atoms with van der Waals surface area (Å²) in [7, 11) is 0. The molecule has 0 saturated carbocycles. The Morgan fingerprint density at radius 2 is 2.19 bits per heavy atom. The van der Waals surface area contributed by atoms with E-state index in [9.17, 15) is 0 Å². The number of nitrogens with one attached hydrogen (secondary N) is 1. The maximum Gasteiger partial charge on any atom is 0.121 e. The van der Waals surface area contributed by atoms with Gasteiger partial charge in [-0.3, -0.25) is 4.68 Å². The minimum atomic E-state index is -0.0297. The fourth-order valence-electron chi connectivity index (χ4n) is 2.31. The van der Waals surface area contributed by atoms with E-state index in [0.717, 1.165) is 24.4 Å². The molecule has 2 aromatic rings. The minimum absolute atomic E-state index is 0.0297. The molecule has 114 valence electrons. The van der Waals surface area contributed by atoms with Gasteiger partial charge in [0.25, 0.3) is 0 Å². The number of benzene rings is 1. The van der Waals surface area contributed by atoms with Crippen molar-refractivity contribution in [1.29, 1.82) is 0 Å². The molecular formula is C16H22ClN3O. The first-order valence-electron chi connectivity index (χ1n) is 7.32. The lowest BCUT2D eigenvalue weighted by Gasteiger charge is -2.25. The van der Waals surface area contributed by atoms with Crippen LogP contribution in [0.3, 0.4) is 0 Å². The summed E-state index contributed by atoms with van der Waals surface area (Å²) in [6.45, 7) is 7.94. The smallest absolute Gasteiger partial charge is 0.121 e. The molecule has 0 aliphatic carbocycles. The van der Waals surface area contributed by atoms with Gasteiger partial charge in [0.1, 0.15) is 11.9 Å². The lowest BCUT2D eigenvalue weighted by atomic mass is 10.1. The van der Waals surface area contributed by atoms with Crippen LogP contribution in [0.2, 0.25) is 5.02 Å². The van der Waals surface area contributed by atoms with Gasteiger partial charge in [-0.1, -0.05) is 24.6 Å². The highest BCUT2D eigenvalue weighted by atomic mass is 35.5. The van der Waals surface area contributed by atoms with Crippen molar-refractivity contribution in [3.63, 3.8) is 0 Å². The molecule has 0 spiro atoms. The zero-order valence-electron chi connectivity index (χ0n) is 12.7. The Morgan fingerprint density at radius 1 is 1.38 bits per heavy atom. The van der Waals surface area contributed by atoms with Gasteiger partial charge in [0.2, 0.25) is 0 Å². The van der Waals surface area contributed by atoms with Crippen LogP contribution < -0.4 is 10.1 Å². The second-order valence-corrected chi connectivity index (χ2v) is 5.38. The van der Waals surface area contributed by atoms with Gasteiger partial charge >= 0.3 is 0 Å². The van der Waals surface area contributed by atoms with Crippen molar-refractivity contribution in [2.24, 2.45) is 0 Å². The average Bonchev–Trinajstić information content (AvgIpc) is 2.93. The van der Waals surface area contributed by atoms with Gasteiger partial charge in [-0.05, 0) is 38.6 Å². The number of hydrogen-bond donors (Lipinski definition) is 1. The van der Waals surface area contributed by atoms with Crippen LogP contribution >= 0.6 is 11.6 Å². The van der Waals surface area contributed by atoms with E-state index in [1.165, 1.54) is 0 Å². The molecule has 0 bridgehead atoms. The Bertz CT molecular complexity index is 570. The zero-order chi connectivity index (χ0) is 15.2. The number of ether oxygens (including phenoxy) is 1. The summed E-state index contributed by atoms with van der Waals surface area (Å²) in [6.07, 6.45) is 3.93. The summed E-state index contributed by atoms with van der Waals surface area (Å²) >= 11 is 6.00. The molecule has 21 heavy (non-hydrogen) atoms. The van der Waals surface area contributed by atoms with E-state index in [4.69, 9.17) is 16.3 Å². The van der Waals surface area contributed by atoms with Crippen molar-refractivity contribution >= 4 is 11.6 Å². The van der Waals surface area contributed by atoms with Crippen LogP contribution in [-0.2, 0) is 6.54 Å². The van der Waals surface area contributed by atoms with Crippen LogP contribution in [-0.4, -0.2) is 22.4 Å². The van der Waals surface area contributed by atoms with Crippen LogP contribution in [0.5, 0.6) is 5.75 Å². The van der Waals surface area contributed by atoms with Crippen LogP contribution in [0.25, 0.3) is 0 Å². The highest BCUT2D eigenvalue weighted by Crippen LogP contribution is 2.24. The predicted molar refractivity (Wildman–Crippen MR) is 85.9 cm³/mol. The van der Waals surface area contributed by atoms with E-state index in [2.05, 4.69) is 37.4 Å². The summed E-state index contributed by atoms with van der Waals surface area (Å²) in [6, 6.07) is 7.57. The molecule has 1 aromatic heterocycles. The van der Waals surface area contributed by atoms with Gasteiger partial charge in [0, 0.05) is 23.3 Å². The van der Waals surface area contributed by atoms with Gasteiger partial charge in [0.05, 0.1) is 12.2 Å². The molecule has 0 fully saturated rings. The van der Waals surface area contributed by atoms with Crippen LogP contribution in [0.4, 0.5) is 0 Å². The summed E-state index contributed by atoms with van der Waals surface area (Å²) in [4.78, 5) is 0. The van der Waals surface area contributed by atoms with E-state index >= 15 is 0 Å². The van der Waals surface area contributed by atoms with Crippen LogP contribution in [0, 0.1) is 0 Å². The Balaban J connectivity index is 2.13. The molecule has 2 rings (SSSR count). The van der Waals surface area contributed by atoms with Gasteiger partial charge in [0.15, 0.2) is 0 Å². The van der Waals surface area contributed by atoms with E-state index in [1.54, 1.807) is 0 Å². The van der Waals surface area contributed by atoms with Gasteiger partial charge in [-0.2, -0.15) is 5.10 Å². The lowest BCUT2D eigenvalue weighted by molar-refractivity contribution is 0.171. The Morgan fingerprint density at radius 3 is 2.81 bits per heavy atom. The normalized spacial score (nSPS) is 13.9. The maximum absolute atomic E-state index is 6.02. The molecule has 5 heteroatoms. The van der Waals surface area contributed by atoms with Crippen molar-refractivity contribution in [3.8, 4) is 5.75 Å². The quantitative estimate of drug-likeness (QED) is 0.848. The predicted octanol–water partition coefficient (Wildman–Crippen LogP) is 3.67. The number of aryl methyl sites for hydroxylation is 1. The Kier molecular flexibility index (Phi) is 5.65. The third-order valence-corrected chi connectivity index (χ3v) is 3.58. The molecule has 1 aromatic carbocycles. The van der Waals surface area contributed by atoms with Crippen molar-refractivity contribution < 1.29 is 4.74 Å². The van der Waals surface area contributed by atoms with Crippen LogP contribution in [0.15, 0.2) is 36.7 Å². The molecule has 0 aliphatic heterocycles. The van der Waals surface area contributed by atoms with E-state index in [-0.39, 0.29) is 12.1 Å². The fraction of sp³-hybridized carbons (Fsp3) is 0.438. The molecule has 0 amide bonds. The maximum atomic E-state index is 6.02. The lowest BCUT2D eigenvalue weighted by Crippen LogP contribution is -2.33. The fourth-order valence-corrected chi connectivity index (χ4v) is 2.49. The first kappa shape index (κ1) is 15.9. The summed E-state index contributed by atoms with van der Waals surface area (Å²) in [5.74, 6) is 0.779. The van der Waals surface area contributed by atoms with Crippen LogP contribution in [0.1, 0.15) is 32.4 Å². The van der Waals surface area contributed by atoms with Crippen molar-refractivity contribution in [1.82, 2.24) is 15.1 Å². The second-order valence-electron chi connectivity index (χ2n) is 4.95. The first-order valence-corrected chi connectivity index (χ1v) is 7.69. The SMILES string of the molecule is CCNC(c1cnn(CC)c1)C(C)Oc1cccc(Cl)c1. The zero-order valence-corrected chi connectivity index (χ0v) is 13.5. The number of aromatic nitrogens is 2. The number of halogens is 1. The molecule has 4 nitrogen and oxygen atoms in total. The standard InChI is InChI=1S/C16H22ClN3O/c1-4-18-16(13-10-19-20(5-2)11-13)12(3)21-15-8-6-7-14(17)9-15/h6-12,16,18H,4-5H2,1-3H3. The van der Waals surface area contributed by atoms with Gasteiger partial charge in [-0.15, -0.1) is 0 Å². The van der Waals surface area contributed by atoms with Crippen molar-refractivity contribution in [2.45, 2.75) is 39.5 Å². The number of nitrogens with zero attached hydrogens (tertiary/aromatic N) is 2. The molecule has 1 N–H and O–H groups in total. The molecule has 2 unspecified atom stereocenters. The minimum Gasteiger partial charge on any atom is -0.489 e. The van der Waals surface area contributed by atoms with Gasteiger partial charge < -0.3 is 10.1 Å². The molecule has 0 saturated heterocycles. The number of hydrogen-bond acceptors (Lipinski definition) is 3. The molecule has 0 aliphatic rings. The van der Waals surface area contributed by atoms with E-state index in [1.807, 2.05) is 35.1 Å². The first-order chi connectivity index (χ1) is 10.1. The summed E-state index contributed by atoms with van der Waals surface area (Å²) in [5.41, 5.74) is 1.13. The Hall–Kier alpha value is -1.52. The summed E-state index contributed by atoms with van der Waals surface area (Å²) < 4.78 is 7.95. The molecular weight excluding hydrogens is 286 g/mol. The number of rotatable bonds is 7. The summed E-state index contributed by atoms with van der Waals surface area (Å²) in [5, 5.41) is 8.48. The Labute approximate surface area is 131 Å². The average molecular weight is 308 g/mol. The topological polar surface area (TPSA) is 39.1 Å². The van der Waals surface area contributed by atoms with E-state index < -0.39 is 0 Å². The molecule has 1 heterocycles. The largest absolute Gasteiger partial charge is 0.489 e. The third-order valence-electron chi connectivity index (χ3n) is 3.35. The van der Waals surface area contributed by atoms with Gasteiger partial charge in [-0.25, -0.2) is 0 Å². The molecule has 0 radical (unpaired) electrons. The highest BCUT2D eigenvalue weighted by molar-refractivity contribution is 6.30.